The Bertz CT molecular complexity index is 1360. The molecule has 9 heteroatoms. The van der Waals surface area contributed by atoms with Gasteiger partial charge in [-0.1, -0.05) is 41.9 Å². The minimum Gasteiger partial charge on any atom is -0.489 e. The van der Waals surface area contributed by atoms with Crippen molar-refractivity contribution in [2.24, 2.45) is 0 Å². The van der Waals surface area contributed by atoms with Crippen molar-refractivity contribution in [2.75, 3.05) is 38.7 Å². The molecule has 0 aliphatic carbocycles. The van der Waals surface area contributed by atoms with Crippen molar-refractivity contribution in [1.29, 1.82) is 0 Å². The van der Waals surface area contributed by atoms with Crippen LogP contribution in [0.4, 0.5) is 5.69 Å². The maximum Gasteiger partial charge on any atom is 0.275 e. The lowest BCUT2D eigenvalue weighted by molar-refractivity contribution is -0.123. The van der Waals surface area contributed by atoms with E-state index >= 15 is 0 Å². The molecular weight excluding hydrogens is 478 g/mol. The fourth-order valence-electron chi connectivity index (χ4n) is 5.40. The van der Waals surface area contributed by atoms with E-state index in [1.165, 1.54) is 11.1 Å². The van der Waals surface area contributed by atoms with Gasteiger partial charge in [0.2, 0.25) is 0 Å². The van der Waals surface area contributed by atoms with E-state index in [9.17, 15) is 9.59 Å². The number of fused-ring (bicyclic) bond motifs is 3. The second-order valence-electron chi connectivity index (χ2n) is 9.81. The fourth-order valence-corrected chi connectivity index (χ4v) is 5.68. The summed E-state index contributed by atoms with van der Waals surface area (Å²) in [6, 6.07) is 13.2. The fraction of sp³-hybridized carbons (Fsp3) is 0.370. The molecule has 3 aliphatic rings. The molecule has 0 unspecified atom stereocenters. The lowest BCUT2D eigenvalue weighted by Crippen LogP contribution is -2.54. The number of ether oxygens (including phenoxy) is 1. The summed E-state index contributed by atoms with van der Waals surface area (Å²) in [5, 5.41) is 5.04. The average Bonchev–Trinajstić information content (AvgIpc) is 3.14. The van der Waals surface area contributed by atoms with Crippen LogP contribution in [0.5, 0.6) is 5.75 Å². The standard InChI is InChI=1S/C27H28ClN5O3/c1-30-10-8-18-13-23-21(12-19(18)15-30)31(2)26(34)22(16-36-23)32-11-9-20-24(27(32)35)29-33(25(20)28)14-17-6-4-3-5-7-17/h3-7,12-13,22H,8-11,14-16H2,1-2H3/t22-/m0/s1. The molecule has 0 saturated carbocycles. The SMILES string of the molecule is CN1CCc2cc3c(cc2C1)N(C)C(=O)[C@@H](N1CCc2c(nn(Cc4ccccc4)c2Cl)C1=O)CO3. The van der Waals surface area contributed by atoms with Crippen LogP contribution in [0.25, 0.3) is 0 Å². The van der Waals surface area contributed by atoms with Gasteiger partial charge in [-0.25, -0.2) is 4.68 Å². The van der Waals surface area contributed by atoms with Gasteiger partial charge in [-0.2, -0.15) is 5.10 Å². The Balaban J connectivity index is 1.27. The molecule has 1 aromatic heterocycles. The first-order chi connectivity index (χ1) is 17.4. The number of benzene rings is 2. The molecule has 2 amide bonds. The van der Waals surface area contributed by atoms with E-state index in [2.05, 4.69) is 29.2 Å². The summed E-state index contributed by atoms with van der Waals surface area (Å²) in [6.45, 7) is 2.80. The van der Waals surface area contributed by atoms with Crippen molar-refractivity contribution in [3.8, 4) is 5.75 Å². The first-order valence-electron chi connectivity index (χ1n) is 12.3. The summed E-state index contributed by atoms with van der Waals surface area (Å²) < 4.78 is 7.84. The van der Waals surface area contributed by atoms with E-state index < -0.39 is 6.04 Å². The zero-order valence-corrected chi connectivity index (χ0v) is 21.2. The quantitative estimate of drug-likeness (QED) is 0.547. The van der Waals surface area contributed by atoms with Crippen LogP contribution < -0.4 is 9.64 Å². The summed E-state index contributed by atoms with van der Waals surface area (Å²) in [7, 11) is 3.85. The normalized spacial score (nSPS) is 19.9. The van der Waals surface area contributed by atoms with Gasteiger partial charge in [-0.05, 0) is 48.7 Å². The smallest absolute Gasteiger partial charge is 0.275 e. The van der Waals surface area contributed by atoms with E-state index in [-0.39, 0.29) is 18.4 Å². The van der Waals surface area contributed by atoms with Gasteiger partial charge in [0.25, 0.3) is 11.8 Å². The van der Waals surface area contributed by atoms with Crippen LogP contribution in [-0.4, -0.2) is 71.2 Å². The van der Waals surface area contributed by atoms with Crippen LogP contribution in [0.2, 0.25) is 5.15 Å². The predicted molar refractivity (Wildman–Crippen MR) is 137 cm³/mol. The number of carbonyl (C=O) groups excluding carboxylic acids is 2. The van der Waals surface area contributed by atoms with E-state index in [4.69, 9.17) is 16.3 Å². The molecule has 0 fully saturated rings. The Morgan fingerprint density at radius 3 is 2.67 bits per heavy atom. The Hall–Kier alpha value is -3.36. The zero-order chi connectivity index (χ0) is 25.0. The molecule has 0 bridgehead atoms. The number of rotatable bonds is 3. The van der Waals surface area contributed by atoms with Crippen molar-refractivity contribution in [3.05, 3.63) is 75.6 Å². The van der Waals surface area contributed by atoms with Crippen molar-refractivity contribution < 1.29 is 14.3 Å². The first-order valence-corrected chi connectivity index (χ1v) is 12.6. The minimum absolute atomic E-state index is 0.106. The number of anilines is 1. The van der Waals surface area contributed by atoms with E-state index in [1.807, 2.05) is 30.3 Å². The summed E-state index contributed by atoms with van der Waals surface area (Å²) >= 11 is 6.63. The summed E-state index contributed by atoms with van der Waals surface area (Å²) in [4.78, 5) is 32.7. The topological polar surface area (TPSA) is 70.9 Å². The average molecular weight is 506 g/mol. The maximum absolute atomic E-state index is 13.6. The van der Waals surface area contributed by atoms with Gasteiger partial charge in [0, 0.05) is 32.2 Å². The molecule has 186 valence electrons. The molecule has 6 rings (SSSR count). The summed E-state index contributed by atoms with van der Waals surface area (Å²) in [6.07, 6.45) is 1.49. The van der Waals surface area contributed by atoms with E-state index in [0.717, 1.165) is 36.3 Å². The molecule has 3 aliphatic heterocycles. The Labute approximate surface area is 215 Å². The van der Waals surface area contributed by atoms with Gasteiger partial charge in [-0.3, -0.25) is 9.59 Å². The van der Waals surface area contributed by atoms with Gasteiger partial charge in [-0.15, -0.1) is 0 Å². The third kappa shape index (κ3) is 3.85. The lowest BCUT2D eigenvalue weighted by Gasteiger charge is -2.33. The molecule has 3 aromatic rings. The number of hydrogen-bond acceptors (Lipinski definition) is 5. The van der Waals surface area contributed by atoms with Crippen LogP contribution in [0, 0.1) is 0 Å². The van der Waals surface area contributed by atoms with Crippen molar-refractivity contribution in [3.63, 3.8) is 0 Å². The molecule has 36 heavy (non-hydrogen) atoms. The summed E-state index contributed by atoms with van der Waals surface area (Å²) in [5.74, 6) is 0.244. The number of nitrogens with zero attached hydrogens (tertiary/aromatic N) is 5. The molecule has 2 aromatic carbocycles. The molecule has 0 N–H and O–H groups in total. The van der Waals surface area contributed by atoms with Gasteiger partial charge >= 0.3 is 0 Å². The van der Waals surface area contributed by atoms with Crippen LogP contribution in [0.3, 0.4) is 0 Å². The number of halogens is 1. The highest BCUT2D eigenvalue weighted by Crippen LogP contribution is 2.37. The Morgan fingerprint density at radius 2 is 1.86 bits per heavy atom. The second-order valence-corrected chi connectivity index (χ2v) is 10.2. The maximum atomic E-state index is 13.6. The van der Waals surface area contributed by atoms with Crippen LogP contribution >= 0.6 is 11.6 Å². The Morgan fingerprint density at radius 1 is 1.06 bits per heavy atom. The summed E-state index contributed by atoms with van der Waals surface area (Å²) in [5.41, 5.74) is 5.31. The van der Waals surface area contributed by atoms with Crippen LogP contribution in [0.15, 0.2) is 42.5 Å². The first kappa shape index (κ1) is 23.1. The molecule has 4 heterocycles. The predicted octanol–water partition coefficient (Wildman–Crippen LogP) is 3.00. The second kappa shape index (κ2) is 8.94. The van der Waals surface area contributed by atoms with Gasteiger partial charge in [0.05, 0.1) is 12.2 Å². The molecular formula is C27H28ClN5O3. The highest BCUT2D eigenvalue weighted by atomic mass is 35.5. The van der Waals surface area contributed by atoms with E-state index in [1.54, 1.807) is 21.5 Å². The van der Waals surface area contributed by atoms with Crippen molar-refractivity contribution >= 4 is 29.1 Å². The Kier molecular flexibility index (Phi) is 5.73. The molecule has 1 atom stereocenters. The van der Waals surface area contributed by atoms with Crippen LogP contribution in [-0.2, 0) is 30.7 Å². The number of carbonyl (C=O) groups is 2. The highest BCUT2D eigenvalue weighted by Gasteiger charge is 2.41. The van der Waals surface area contributed by atoms with Gasteiger partial charge in [0.1, 0.15) is 23.6 Å². The third-order valence-electron chi connectivity index (χ3n) is 7.46. The van der Waals surface area contributed by atoms with Gasteiger partial charge in [0.15, 0.2) is 5.69 Å². The highest BCUT2D eigenvalue weighted by molar-refractivity contribution is 6.31. The zero-order valence-electron chi connectivity index (χ0n) is 20.4. The monoisotopic (exact) mass is 505 g/mol. The van der Waals surface area contributed by atoms with Crippen molar-refractivity contribution in [1.82, 2.24) is 19.6 Å². The number of aromatic nitrogens is 2. The van der Waals surface area contributed by atoms with E-state index in [0.29, 0.717) is 36.1 Å². The number of amides is 2. The molecule has 0 spiro atoms. The number of likely N-dealkylation sites (N-methyl/N-ethyl adjacent to an activating group) is 2. The largest absolute Gasteiger partial charge is 0.489 e. The van der Waals surface area contributed by atoms with Crippen LogP contribution in [0.1, 0.15) is 32.7 Å². The molecule has 0 saturated heterocycles. The molecule has 8 nitrogen and oxygen atoms in total. The minimum atomic E-state index is -0.735. The number of hydrogen-bond donors (Lipinski definition) is 0. The lowest BCUT2D eigenvalue weighted by atomic mass is 9.98. The third-order valence-corrected chi connectivity index (χ3v) is 7.88. The van der Waals surface area contributed by atoms with Gasteiger partial charge < -0.3 is 19.4 Å². The van der Waals surface area contributed by atoms with Crippen molar-refractivity contribution in [2.45, 2.75) is 32.0 Å². The molecule has 0 radical (unpaired) electrons.